The zero-order chi connectivity index (χ0) is 14.5. The third kappa shape index (κ3) is 4.42. The van der Waals surface area contributed by atoms with Crippen LogP contribution in [-0.2, 0) is 6.54 Å². The van der Waals surface area contributed by atoms with Gasteiger partial charge in [-0.1, -0.05) is 17.7 Å². The van der Waals surface area contributed by atoms with E-state index in [0.717, 1.165) is 12.6 Å². The molecule has 0 aliphatic heterocycles. The molecule has 20 heavy (non-hydrogen) atoms. The molecule has 0 heterocycles. The van der Waals surface area contributed by atoms with Crippen LogP contribution in [0.15, 0.2) is 18.2 Å². The van der Waals surface area contributed by atoms with Gasteiger partial charge in [0.15, 0.2) is 0 Å². The van der Waals surface area contributed by atoms with Gasteiger partial charge in [0.25, 0.3) is 0 Å². The third-order valence-corrected chi connectivity index (χ3v) is 4.82. The van der Waals surface area contributed by atoms with Gasteiger partial charge in [0.2, 0.25) is 0 Å². The molecule has 1 N–H and O–H groups in total. The van der Waals surface area contributed by atoms with Crippen molar-refractivity contribution in [3.8, 4) is 0 Å². The molecule has 1 aliphatic carbocycles. The Balaban J connectivity index is 2.07. The minimum atomic E-state index is 0.588. The first-order chi connectivity index (χ1) is 9.61. The van der Waals surface area contributed by atoms with Gasteiger partial charge in [0, 0.05) is 31.4 Å². The Morgan fingerprint density at radius 2 is 2.15 bits per heavy atom. The number of nitrogens with one attached hydrogen (secondary N) is 1. The van der Waals surface area contributed by atoms with E-state index in [1.54, 1.807) is 0 Å². The number of hydrogen-bond acceptors (Lipinski definition) is 3. The fraction of sp³-hybridized carbons (Fsp3) is 0.647. The highest BCUT2D eigenvalue weighted by Gasteiger charge is 2.21. The van der Waals surface area contributed by atoms with Crippen LogP contribution in [0.3, 0.4) is 0 Å². The topological polar surface area (TPSA) is 15.3 Å². The standard InChI is InChI=1S/C17H28N2S/c1-13-5-8-17(19(3)14(2)9-10-20-4)15(11-13)12-18-16-6-7-16/h5,8,11,14,16,18H,6-7,9-10,12H2,1-4H3. The van der Waals surface area contributed by atoms with E-state index in [0.29, 0.717) is 6.04 Å². The summed E-state index contributed by atoms with van der Waals surface area (Å²) >= 11 is 1.93. The summed E-state index contributed by atoms with van der Waals surface area (Å²) in [5.41, 5.74) is 4.18. The second-order valence-corrected chi connectivity index (χ2v) is 7.01. The monoisotopic (exact) mass is 292 g/mol. The Morgan fingerprint density at radius 1 is 1.40 bits per heavy atom. The number of thioether (sulfide) groups is 1. The number of rotatable bonds is 8. The highest BCUT2D eigenvalue weighted by atomic mass is 32.2. The Labute approximate surface area is 128 Å². The summed E-state index contributed by atoms with van der Waals surface area (Å²) in [5.74, 6) is 1.23. The molecule has 1 aromatic rings. The van der Waals surface area contributed by atoms with Gasteiger partial charge in [-0.3, -0.25) is 0 Å². The van der Waals surface area contributed by atoms with Gasteiger partial charge in [-0.25, -0.2) is 0 Å². The molecule has 1 aliphatic rings. The Morgan fingerprint density at radius 3 is 2.80 bits per heavy atom. The van der Waals surface area contributed by atoms with E-state index >= 15 is 0 Å². The summed E-state index contributed by atoms with van der Waals surface area (Å²) in [6.07, 6.45) is 6.12. The lowest BCUT2D eigenvalue weighted by Crippen LogP contribution is -2.31. The van der Waals surface area contributed by atoms with Crippen molar-refractivity contribution in [2.24, 2.45) is 0 Å². The number of anilines is 1. The molecule has 1 unspecified atom stereocenters. The predicted molar refractivity (Wildman–Crippen MR) is 91.9 cm³/mol. The molecular formula is C17H28N2S. The van der Waals surface area contributed by atoms with Crippen molar-refractivity contribution in [1.29, 1.82) is 0 Å². The number of nitrogens with zero attached hydrogens (tertiary/aromatic N) is 1. The van der Waals surface area contributed by atoms with E-state index < -0.39 is 0 Å². The molecule has 0 bridgehead atoms. The maximum absolute atomic E-state index is 3.65. The van der Waals surface area contributed by atoms with Crippen LogP contribution in [-0.4, -0.2) is 31.1 Å². The molecule has 3 heteroatoms. The van der Waals surface area contributed by atoms with Crippen LogP contribution >= 0.6 is 11.8 Å². The normalized spacial score (nSPS) is 16.2. The van der Waals surface area contributed by atoms with Gasteiger partial charge in [-0.2, -0.15) is 11.8 Å². The molecule has 112 valence electrons. The first kappa shape index (κ1) is 15.7. The van der Waals surface area contributed by atoms with E-state index in [-0.39, 0.29) is 0 Å². The van der Waals surface area contributed by atoms with Crippen LogP contribution in [0, 0.1) is 6.92 Å². The van der Waals surface area contributed by atoms with Crippen LogP contribution < -0.4 is 10.2 Å². The molecular weight excluding hydrogens is 264 g/mol. The molecule has 0 aromatic heterocycles. The molecule has 0 radical (unpaired) electrons. The molecule has 1 atom stereocenters. The minimum Gasteiger partial charge on any atom is -0.372 e. The smallest absolute Gasteiger partial charge is 0.0411 e. The molecule has 1 fully saturated rings. The molecule has 0 saturated heterocycles. The van der Waals surface area contributed by atoms with Crippen molar-refractivity contribution in [3.63, 3.8) is 0 Å². The third-order valence-electron chi connectivity index (χ3n) is 4.17. The van der Waals surface area contributed by atoms with Gasteiger partial charge in [-0.15, -0.1) is 0 Å². The van der Waals surface area contributed by atoms with Gasteiger partial charge < -0.3 is 10.2 Å². The second-order valence-electron chi connectivity index (χ2n) is 6.03. The molecule has 2 nitrogen and oxygen atoms in total. The lowest BCUT2D eigenvalue weighted by molar-refractivity contribution is 0.653. The number of hydrogen-bond donors (Lipinski definition) is 1. The SMILES string of the molecule is CSCCC(C)N(C)c1ccc(C)cc1CNC1CC1. The zero-order valence-corrected chi connectivity index (χ0v) is 14.1. The molecule has 0 spiro atoms. The van der Waals surface area contributed by atoms with Crippen LogP contribution in [0.25, 0.3) is 0 Å². The molecule has 1 aromatic carbocycles. The van der Waals surface area contributed by atoms with Crippen molar-refractivity contribution >= 4 is 17.4 Å². The maximum atomic E-state index is 3.65. The highest BCUT2D eigenvalue weighted by Crippen LogP contribution is 2.26. The van der Waals surface area contributed by atoms with Crippen molar-refractivity contribution < 1.29 is 0 Å². The second kappa shape index (κ2) is 7.37. The quantitative estimate of drug-likeness (QED) is 0.784. The van der Waals surface area contributed by atoms with Crippen LogP contribution in [0.2, 0.25) is 0 Å². The van der Waals surface area contributed by atoms with Crippen molar-refractivity contribution in [2.75, 3.05) is 24.0 Å². The Bertz CT molecular complexity index is 429. The largest absolute Gasteiger partial charge is 0.372 e. The fourth-order valence-electron chi connectivity index (χ4n) is 2.46. The van der Waals surface area contributed by atoms with E-state index in [9.17, 15) is 0 Å². The van der Waals surface area contributed by atoms with E-state index in [1.807, 2.05) is 11.8 Å². The van der Waals surface area contributed by atoms with Crippen molar-refractivity contribution in [3.05, 3.63) is 29.3 Å². The lowest BCUT2D eigenvalue weighted by atomic mass is 10.1. The van der Waals surface area contributed by atoms with Crippen LogP contribution in [0.1, 0.15) is 37.3 Å². The first-order valence-electron chi connectivity index (χ1n) is 7.66. The molecule has 1 saturated carbocycles. The van der Waals surface area contributed by atoms with Crippen LogP contribution in [0.4, 0.5) is 5.69 Å². The summed E-state index contributed by atoms with van der Waals surface area (Å²) < 4.78 is 0. The van der Waals surface area contributed by atoms with E-state index in [1.165, 1.54) is 41.8 Å². The first-order valence-corrected chi connectivity index (χ1v) is 9.06. The van der Waals surface area contributed by atoms with Crippen molar-refractivity contribution in [1.82, 2.24) is 5.32 Å². The highest BCUT2D eigenvalue weighted by molar-refractivity contribution is 7.98. The summed E-state index contributed by atoms with van der Waals surface area (Å²) in [6, 6.07) is 8.21. The summed E-state index contributed by atoms with van der Waals surface area (Å²) in [7, 11) is 2.23. The Hall–Kier alpha value is -0.670. The summed E-state index contributed by atoms with van der Waals surface area (Å²) in [6.45, 7) is 5.51. The van der Waals surface area contributed by atoms with E-state index in [2.05, 4.69) is 55.6 Å². The number of aryl methyl sites for hydroxylation is 1. The average Bonchev–Trinajstić information content (AvgIpc) is 3.26. The zero-order valence-electron chi connectivity index (χ0n) is 13.3. The van der Waals surface area contributed by atoms with Gasteiger partial charge in [0.1, 0.15) is 0 Å². The number of benzene rings is 1. The summed E-state index contributed by atoms with van der Waals surface area (Å²) in [4.78, 5) is 2.44. The molecule has 0 amide bonds. The van der Waals surface area contributed by atoms with Crippen molar-refractivity contribution in [2.45, 2.75) is 51.7 Å². The van der Waals surface area contributed by atoms with Gasteiger partial charge in [0.05, 0.1) is 0 Å². The minimum absolute atomic E-state index is 0.588. The fourth-order valence-corrected chi connectivity index (χ4v) is 3.04. The van der Waals surface area contributed by atoms with Gasteiger partial charge >= 0.3 is 0 Å². The van der Waals surface area contributed by atoms with Gasteiger partial charge in [-0.05, 0) is 56.7 Å². The lowest BCUT2D eigenvalue weighted by Gasteiger charge is -2.29. The predicted octanol–water partition coefficient (Wildman–Crippen LogP) is 3.82. The maximum Gasteiger partial charge on any atom is 0.0411 e. The summed E-state index contributed by atoms with van der Waals surface area (Å²) in [5, 5.41) is 3.65. The van der Waals surface area contributed by atoms with E-state index in [4.69, 9.17) is 0 Å². The Kier molecular flexibility index (Phi) is 5.79. The average molecular weight is 292 g/mol. The van der Waals surface area contributed by atoms with Crippen LogP contribution in [0.5, 0.6) is 0 Å². The molecule has 2 rings (SSSR count).